The van der Waals surface area contributed by atoms with E-state index in [1.54, 1.807) is 35.6 Å². The highest BCUT2D eigenvalue weighted by molar-refractivity contribution is 6.24. The van der Waals surface area contributed by atoms with Gasteiger partial charge in [0.05, 0.1) is 0 Å². The predicted octanol–water partition coefficient (Wildman–Crippen LogP) is 2.77. The van der Waals surface area contributed by atoms with E-state index in [1.807, 2.05) is 0 Å². The molecule has 1 aromatic carbocycles. The van der Waals surface area contributed by atoms with E-state index >= 15 is 0 Å². The first kappa shape index (κ1) is 13.8. The number of hydrogen-bond acceptors (Lipinski definition) is 1. The van der Waals surface area contributed by atoms with Crippen molar-refractivity contribution in [2.45, 2.75) is 17.8 Å². The van der Waals surface area contributed by atoms with Crippen LogP contribution >= 0.6 is 11.6 Å². The van der Waals surface area contributed by atoms with Gasteiger partial charge in [-0.25, -0.2) is 0 Å². The van der Waals surface area contributed by atoms with Crippen molar-refractivity contribution in [2.24, 2.45) is 0 Å². The Morgan fingerprint density at radius 2 is 1.71 bits per heavy atom. The summed E-state index contributed by atoms with van der Waals surface area (Å²) in [4.78, 5) is 10.9. The average molecular weight is 270 g/mol. The molecular formula is C10H8ClF4NO. The molecule has 2 nitrogen and oxygen atoms in total. The molecule has 7 heteroatoms. The van der Waals surface area contributed by atoms with Gasteiger partial charge in [-0.15, -0.1) is 0 Å². The summed E-state index contributed by atoms with van der Waals surface area (Å²) in [7, 11) is 0. The Hall–Kier alpha value is -1.30. The molecule has 0 heterocycles. The normalized spacial score (nSPS) is 12.3. The van der Waals surface area contributed by atoms with E-state index in [-0.39, 0.29) is 6.54 Å². The minimum Gasteiger partial charge on any atom is -0.347 e. The number of benzene rings is 1. The van der Waals surface area contributed by atoms with Gasteiger partial charge in [0.1, 0.15) is 0 Å². The summed E-state index contributed by atoms with van der Waals surface area (Å²) in [5.41, 5.74) is 0.509. The Bertz CT molecular complexity index is 391. The largest absolute Gasteiger partial charge is 0.400 e. The van der Waals surface area contributed by atoms with Crippen molar-refractivity contribution in [3.8, 4) is 0 Å². The maximum absolute atomic E-state index is 12.7. The molecule has 17 heavy (non-hydrogen) atoms. The van der Waals surface area contributed by atoms with Crippen LogP contribution < -0.4 is 5.32 Å². The minimum atomic E-state index is -4.94. The second-order valence-corrected chi connectivity index (χ2v) is 3.72. The first-order valence-corrected chi connectivity index (χ1v) is 4.89. The van der Waals surface area contributed by atoms with E-state index in [0.29, 0.717) is 5.56 Å². The molecule has 1 rings (SSSR count). The van der Waals surface area contributed by atoms with Gasteiger partial charge in [0, 0.05) is 6.54 Å². The molecule has 94 valence electrons. The van der Waals surface area contributed by atoms with Crippen LogP contribution in [0.5, 0.6) is 0 Å². The fraction of sp³-hybridized carbons (Fsp3) is 0.300. The fourth-order valence-electron chi connectivity index (χ4n) is 1.02. The van der Waals surface area contributed by atoms with Crippen LogP contribution in [0.2, 0.25) is 0 Å². The first-order chi connectivity index (χ1) is 7.75. The lowest BCUT2D eigenvalue weighted by Crippen LogP contribution is -2.49. The topological polar surface area (TPSA) is 29.1 Å². The summed E-state index contributed by atoms with van der Waals surface area (Å²) in [6.07, 6.45) is 0. The lowest BCUT2D eigenvalue weighted by molar-refractivity contribution is -0.180. The van der Waals surface area contributed by atoms with Crippen LogP contribution in [0.25, 0.3) is 0 Å². The number of rotatable bonds is 4. The zero-order valence-electron chi connectivity index (χ0n) is 8.39. The fourth-order valence-corrected chi connectivity index (χ4v) is 1.10. The second-order valence-electron chi connectivity index (χ2n) is 3.24. The first-order valence-electron chi connectivity index (χ1n) is 4.52. The summed E-state index contributed by atoms with van der Waals surface area (Å²) >= 11 is 4.16. The van der Waals surface area contributed by atoms with E-state index in [1.165, 1.54) is 0 Å². The van der Waals surface area contributed by atoms with Gasteiger partial charge >= 0.3 is 11.3 Å². The van der Waals surface area contributed by atoms with E-state index in [9.17, 15) is 22.4 Å². The molecular weight excluding hydrogens is 262 g/mol. The summed E-state index contributed by atoms with van der Waals surface area (Å²) in [6, 6.07) is 8.03. The minimum absolute atomic E-state index is 0.276. The van der Waals surface area contributed by atoms with Crippen molar-refractivity contribution in [3.05, 3.63) is 35.9 Å². The summed E-state index contributed by atoms with van der Waals surface area (Å²) < 4.78 is 49.9. The number of amides is 1. The number of alkyl halides is 5. The Balaban J connectivity index is 2.62. The number of carbonyl (C=O) groups is 1. The van der Waals surface area contributed by atoms with Crippen LogP contribution in [0.3, 0.4) is 0 Å². The van der Waals surface area contributed by atoms with Gasteiger partial charge in [0.2, 0.25) is 0 Å². The zero-order valence-corrected chi connectivity index (χ0v) is 9.15. The lowest BCUT2D eigenvalue weighted by atomic mass is 10.2. The Morgan fingerprint density at radius 3 is 2.18 bits per heavy atom. The molecule has 0 spiro atoms. The molecule has 0 saturated heterocycles. The molecule has 0 aliphatic heterocycles. The smallest absolute Gasteiger partial charge is 0.347 e. The van der Waals surface area contributed by atoms with Crippen LogP contribution in [0.1, 0.15) is 5.56 Å². The molecule has 0 atom stereocenters. The third-order valence-electron chi connectivity index (χ3n) is 1.94. The molecule has 0 bridgehead atoms. The van der Waals surface area contributed by atoms with Gasteiger partial charge < -0.3 is 5.32 Å². The van der Waals surface area contributed by atoms with E-state index in [2.05, 4.69) is 11.6 Å². The quantitative estimate of drug-likeness (QED) is 0.661. The number of halogens is 5. The maximum atomic E-state index is 12.7. The third-order valence-corrected chi connectivity index (χ3v) is 2.17. The van der Waals surface area contributed by atoms with Gasteiger partial charge in [-0.2, -0.15) is 17.6 Å². The highest BCUT2D eigenvalue weighted by Gasteiger charge is 2.61. The predicted molar refractivity (Wildman–Crippen MR) is 54.0 cm³/mol. The number of nitrogens with one attached hydrogen (secondary N) is 1. The number of carbonyl (C=O) groups excluding carboxylic acids is 1. The van der Waals surface area contributed by atoms with Crippen LogP contribution in [-0.4, -0.2) is 17.2 Å². The van der Waals surface area contributed by atoms with Crippen molar-refractivity contribution in [1.82, 2.24) is 5.32 Å². The average Bonchev–Trinajstić information content (AvgIpc) is 2.25. The van der Waals surface area contributed by atoms with E-state index in [0.717, 1.165) is 0 Å². The maximum Gasteiger partial charge on any atom is 0.400 e. The van der Waals surface area contributed by atoms with Gasteiger partial charge in [0.15, 0.2) is 0 Å². The SMILES string of the molecule is O=C(NCc1ccccc1)C(F)(F)C(F)(F)Cl. The third kappa shape index (κ3) is 3.33. The lowest BCUT2D eigenvalue weighted by Gasteiger charge is -2.19. The molecule has 1 aromatic rings. The summed E-state index contributed by atoms with van der Waals surface area (Å²) in [6.45, 7) is -0.276. The molecule has 0 aromatic heterocycles. The van der Waals surface area contributed by atoms with Crippen LogP contribution in [0.4, 0.5) is 17.6 Å². The van der Waals surface area contributed by atoms with Crippen molar-refractivity contribution in [2.75, 3.05) is 0 Å². The molecule has 1 N–H and O–H groups in total. The highest BCUT2D eigenvalue weighted by atomic mass is 35.5. The van der Waals surface area contributed by atoms with Gasteiger partial charge in [-0.1, -0.05) is 30.3 Å². The van der Waals surface area contributed by atoms with Crippen molar-refractivity contribution in [1.29, 1.82) is 0 Å². The molecule has 0 saturated carbocycles. The molecule has 0 fully saturated rings. The molecule has 0 radical (unpaired) electrons. The highest BCUT2D eigenvalue weighted by Crippen LogP contribution is 2.37. The van der Waals surface area contributed by atoms with Crippen molar-refractivity contribution in [3.63, 3.8) is 0 Å². The monoisotopic (exact) mass is 269 g/mol. The van der Waals surface area contributed by atoms with Crippen molar-refractivity contribution < 1.29 is 22.4 Å². The van der Waals surface area contributed by atoms with E-state index in [4.69, 9.17) is 0 Å². The molecule has 0 unspecified atom stereocenters. The van der Waals surface area contributed by atoms with Crippen molar-refractivity contribution >= 4 is 17.5 Å². The Kier molecular flexibility index (Phi) is 3.98. The summed E-state index contributed by atoms with van der Waals surface area (Å²) in [5.74, 6) is -7.05. The molecule has 0 aliphatic rings. The van der Waals surface area contributed by atoms with Gasteiger partial charge in [-0.05, 0) is 17.2 Å². The summed E-state index contributed by atoms with van der Waals surface area (Å²) in [5, 5.41) is -3.22. The zero-order chi connectivity index (χ0) is 13.1. The molecule has 1 amide bonds. The Morgan fingerprint density at radius 1 is 1.18 bits per heavy atom. The van der Waals surface area contributed by atoms with Crippen LogP contribution in [0.15, 0.2) is 30.3 Å². The molecule has 0 aliphatic carbocycles. The Labute approximate surface area is 99.6 Å². The van der Waals surface area contributed by atoms with Crippen LogP contribution in [0, 0.1) is 0 Å². The standard InChI is InChI=1S/C10H8ClF4NO/c11-10(14,15)9(12,13)8(17)16-6-7-4-2-1-3-5-7/h1-5H,6H2,(H,16,17). The second kappa shape index (κ2) is 4.91. The van der Waals surface area contributed by atoms with Crippen LogP contribution in [-0.2, 0) is 11.3 Å². The number of hydrogen-bond donors (Lipinski definition) is 1. The van der Waals surface area contributed by atoms with Gasteiger partial charge in [-0.3, -0.25) is 4.79 Å². The van der Waals surface area contributed by atoms with Gasteiger partial charge in [0.25, 0.3) is 5.91 Å². The van der Waals surface area contributed by atoms with E-state index < -0.39 is 17.2 Å².